The summed E-state index contributed by atoms with van der Waals surface area (Å²) in [6.07, 6.45) is 4.83. The molecule has 3 rings (SSSR count). The molecule has 1 aromatic rings. The number of nitrogens with zero attached hydrogens (tertiary/aromatic N) is 1. The highest BCUT2D eigenvalue weighted by molar-refractivity contribution is 5.75. The second-order valence-electron chi connectivity index (χ2n) is 6.70. The lowest BCUT2D eigenvalue weighted by molar-refractivity contribution is -0.152. The quantitative estimate of drug-likeness (QED) is 0.806. The molecule has 1 heterocycles. The van der Waals surface area contributed by atoms with E-state index in [0.29, 0.717) is 25.6 Å². The molecule has 1 aliphatic carbocycles. The van der Waals surface area contributed by atoms with Crippen LogP contribution in [0, 0.1) is 5.92 Å². The topological polar surface area (TPSA) is 46.6 Å². The molecule has 0 saturated carbocycles. The van der Waals surface area contributed by atoms with Crippen molar-refractivity contribution in [2.45, 2.75) is 44.9 Å². The van der Waals surface area contributed by atoms with Gasteiger partial charge in [-0.05, 0) is 43.2 Å². The molecule has 1 aliphatic heterocycles. The fourth-order valence-electron chi connectivity index (χ4n) is 3.76. The van der Waals surface area contributed by atoms with E-state index in [1.165, 1.54) is 11.1 Å². The number of aryl methyl sites for hydroxylation is 1. The molecule has 0 aromatic heterocycles. The van der Waals surface area contributed by atoms with Gasteiger partial charge in [-0.1, -0.05) is 24.3 Å². The smallest absolute Gasteiger partial charge is 0.309 e. The third-order valence-corrected chi connectivity index (χ3v) is 5.19. The van der Waals surface area contributed by atoms with Crippen LogP contribution in [-0.4, -0.2) is 36.5 Å². The van der Waals surface area contributed by atoms with E-state index in [1.54, 1.807) is 11.8 Å². The number of hydrogen-bond donors (Lipinski definition) is 0. The summed E-state index contributed by atoms with van der Waals surface area (Å²) < 4.78 is 5.63. The van der Waals surface area contributed by atoms with E-state index in [0.717, 1.165) is 32.1 Å². The van der Waals surface area contributed by atoms with Crippen molar-refractivity contribution in [3.8, 4) is 0 Å². The summed E-state index contributed by atoms with van der Waals surface area (Å²) in [6.45, 7) is 3.41. The molecule has 4 nitrogen and oxygen atoms in total. The molecule has 23 heavy (non-hydrogen) atoms. The molecule has 1 amide bonds. The lowest BCUT2D eigenvalue weighted by Gasteiger charge is -2.31. The predicted molar refractivity (Wildman–Crippen MR) is 88.1 cm³/mol. The van der Waals surface area contributed by atoms with Crippen molar-refractivity contribution < 1.29 is 14.3 Å². The van der Waals surface area contributed by atoms with Crippen molar-refractivity contribution in [3.63, 3.8) is 0 Å². The van der Waals surface area contributed by atoms with Crippen LogP contribution in [0.4, 0.5) is 0 Å². The summed E-state index contributed by atoms with van der Waals surface area (Å²) in [7, 11) is 0. The Kier molecular flexibility index (Phi) is 4.99. The predicted octanol–water partition coefficient (Wildman–Crippen LogP) is 2.91. The largest absolute Gasteiger partial charge is 0.465 e. The van der Waals surface area contributed by atoms with E-state index < -0.39 is 0 Å². The Hall–Kier alpha value is -1.84. The SMILES string of the molecule is CC(=O)N1CCC(C(=O)OC[C@H]2CCCc3ccccc32)CC1. The number of amides is 1. The first-order valence-electron chi connectivity index (χ1n) is 8.65. The van der Waals surface area contributed by atoms with Gasteiger partial charge in [-0.2, -0.15) is 0 Å². The number of rotatable bonds is 3. The molecule has 0 radical (unpaired) electrons. The van der Waals surface area contributed by atoms with Crippen LogP contribution >= 0.6 is 0 Å². The number of esters is 1. The van der Waals surface area contributed by atoms with Crippen LogP contribution in [0.25, 0.3) is 0 Å². The van der Waals surface area contributed by atoms with Gasteiger partial charge in [-0.15, -0.1) is 0 Å². The third-order valence-electron chi connectivity index (χ3n) is 5.19. The van der Waals surface area contributed by atoms with Gasteiger partial charge in [0.25, 0.3) is 0 Å². The standard InChI is InChI=1S/C19H25NO3/c1-14(21)20-11-9-16(10-12-20)19(22)23-13-17-7-4-6-15-5-2-3-8-18(15)17/h2-3,5,8,16-17H,4,6-7,9-13H2,1H3/t17-/m1/s1. The van der Waals surface area contributed by atoms with Crippen molar-refractivity contribution in [2.24, 2.45) is 5.92 Å². The summed E-state index contributed by atoms with van der Waals surface area (Å²) in [5.41, 5.74) is 2.74. The molecular formula is C19H25NO3. The van der Waals surface area contributed by atoms with Gasteiger partial charge >= 0.3 is 5.97 Å². The van der Waals surface area contributed by atoms with Crippen LogP contribution in [0.5, 0.6) is 0 Å². The molecule has 0 spiro atoms. The van der Waals surface area contributed by atoms with E-state index >= 15 is 0 Å². The molecular weight excluding hydrogens is 290 g/mol. The summed E-state index contributed by atoms with van der Waals surface area (Å²) >= 11 is 0. The normalized spacial score (nSPS) is 21.6. The fraction of sp³-hybridized carbons (Fsp3) is 0.579. The molecule has 2 aliphatic rings. The van der Waals surface area contributed by atoms with E-state index in [1.807, 2.05) is 0 Å². The minimum atomic E-state index is -0.0868. The van der Waals surface area contributed by atoms with Crippen molar-refractivity contribution >= 4 is 11.9 Å². The Morgan fingerprint density at radius 3 is 2.65 bits per heavy atom. The van der Waals surface area contributed by atoms with Crippen LogP contribution < -0.4 is 0 Å². The number of likely N-dealkylation sites (tertiary alicyclic amines) is 1. The van der Waals surface area contributed by atoms with Gasteiger partial charge in [-0.25, -0.2) is 0 Å². The van der Waals surface area contributed by atoms with Gasteiger partial charge in [0, 0.05) is 25.9 Å². The van der Waals surface area contributed by atoms with Crippen LogP contribution in [0.1, 0.15) is 49.7 Å². The van der Waals surface area contributed by atoms with Gasteiger partial charge < -0.3 is 9.64 Å². The second kappa shape index (κ2) is 7.16. The molecule has 1 saturated heterocycles. The molecule has 124 valence electrons. The van der Waals surface area contributed by atoms with Crippen LogP contribution in [0.15, 0.2) is 24.3 Å². The number of piperidine rings is 1. The first kappa shape index (κ1) is 16.0. The monoisotopic (exact) mass is 315 g/mol. The van der Waals surface area contributed by atoms with Gasteiger partial charge in [-0.3, -0.25) is 9.59 Å². The van der Waals surface area contributed by atoms with Crippen molar-refractivity contribution in [3.05, 3.63) is 35.4 Å². The zero-order valence-electron chi connectivity index (χ0n) is 13.8. The Labute approximate surface area is 137 Å². The van der Waals surface area contributed by atoms with Gasteiger partial charge in [0.05, 0.1) is 12.5 Å². The molecule has 0 bridgehead atoms. The average Bonchev–Trinajstić information content (AvgIpc) is 2.59. The van der Waals surface area contributed by atoms with E-state index in [4.69, 9.17) is 4.74 Å². The number of ether oxygens (including phenoxy) is 1. The second-order valence-corrected chi connectivity index (χ2v) is 6.70. The summed E-state index contributed by atoms with van der Waals surface area (Å²) in [6, 6.07) is 8.49. The summed E-state index contributed by atoms with van der Waals surface area (Å²) in [5.74, 6) is 0.289. The van der Waals surface area contributed by atoms with Gasteiger partial charge in [0.15, 0.2) is 0 Å². The number of carbonyl (C=O) groups excluding carboxylic acids is 2. The Morgan fingerprint density at radius 1 is 1.17 bits per heavy atom. The lowest BCUT2D eigenvalue weighted by Crippen LogP contribution is -2.39. The lowest BCUT2D eigenvalue weighted by atomic mass is 9.83. The highest BCUT2D eigenvalue weighted by Gasteiger charge is 2.28. The number of hydrogen-bond acceptors (Lipinski definition) is 3. The van der Waals surface area contributed by atoms with Crippen molar-refractivity contribution in [1.29, 1.82) is 0 Å². The number of carbonyl (C=O) groups is 2. The maximum atomic E-state index is 12.3. The van der Waals surface area contributed by atoms with Crippen LogP contribution in [0.2, 0.25) is 0 Å². The van der Waals surface area contributed by atoms with E-state index in [9.17, 15) is 9.59 Å². The van der Waals surface area contributed by atoms with Gasteiger partial charge in [0.1, 0.15) is 0 Å². The Balaban J connectivity index is 1.51. The zero-order chi connectivity index (χ0) is 16.2. The van der Waals surface area contributed by atoms with E-state index in [-0.39, 0.29) is 17.8 Å². The summed E-state index contributed by atoms with van der Waals surface area (Å²) in [5, 5.41) is 0. The highest BCUT2D eigenvalue weighted by Crippen LogP contribution is 2.32. The fourth-order valence-corrected chi connectivity index (χ4v) is 3.76. The molecule has 1 aromatic carbocycles. The zero-order valence-corrected chi connectivity index (χ0v) is 13.8. The van der Waals surface area contributed by atoms with Crippen LogP contribution in [0.3, 0.4) is 0 Å². The van der Waals surface area contributed by atoms with Crippen LogP contribution in [-0.2, 0) is 20.7 Å². The van der Waals surface area contributed by atoms with Crippen molar-refractivity contribution in [2.75, 3.05) is 19.7 Å². The van der Waals surface area contributed by atoms with Gasteiger partial charge in [0.2, 0.25) is 5.91 Å². The first-order chi connectivity index (χ1) is 11.1. The number of benzene rings is 1. The molecule has 0 unspecified atom stereocenters. The Bertz CT molecular complexity index is 576. The first-order valence-corrected chi connectivity index (χ1v) is 8.65. The minimum absolute atomic E-state index is 0.0514. The number of fused-ring (bicyclic) bond motifs is 1. The summed E-state index contributed by atoms with van der Waals surface area (Å²) in [4.78, 5) is 25.4. The minimum Gasteiger partial charge on any atom is -0.465 e. The molecule has 0 N–H and O–H groups in total. The van der Waals surface area contributed by atoms with Crippen molar-refractivity contribution in [1.82, 2.24) is 4.90 Å². The maximum absolute atomic E-state index is 12.3. The third kappa shape index (κ3) is 3.74. The maximum Gasteiger partial charge on any atom is 0.309 e. The average molecular weight is 315 g/mol. The Morgan fingerprint density at radius 2 is 1.91 bits per heavy atom. The molecule has 1 fully saturated rings. The molecule has 4 heteroatoms. The van der Waals surface area contributed by atoms with E-state index in [2.05, 4.69) is 24.3 Å². The molecule has 1 atom stereocenters. The highest BCUT2D eigenvalue weighted by atomic mass is 16.5.